The molecule has 4 aromatic rings. The number of hydrogen-bond acceptors (Lipinski definition) is 10. The molecule has 10 heterocycles. The molecule has 6 aliphatic rings. The van der Waals surface area contributed by atoms with Gasteiger partial charge in [0.1, 0.15) is 5.69 Å². The van der Waals surface area contributed by atoms with Crippen LogP contribution in [-0.2, 0) is 4.79 Å². The van der Waals surface area contributed by atoms with Gasteiger partial charge in [-0.3, -0.25) is 24.4 Å². The molecule has 248 valence electrons. The normalized spacial score (nSPS) is 28.3. The Morgan fingerprint density at radius 2 is 1.43 bits per heavy atom. The molecule has 10 rings (SSSR count). The number of thiophene rings is 2. The predicted molar refractivity (Wildman–Crippen MR) is 190 cm³/mol. The Bertz CT molecular complexity index is 1640. The van der Waals surface area contributed by atoms with E-state index in [2.05, 4.69) is 63.6 Å². The summed E-state index contributed by atoms with van der Waals surface area (Å²) in [6.07, 6.45) is 9.32. The van der Waals surface area contributed by atoms with Crippen LogP contribution in [0.25, 0.3) is 20.2 Å². The first kappa shape index (κ1) is 34.9. The summed E-state index contributed by atoms with van der Waals surface area (Å²) in [6.45, 7) is 14.5. The van der Waals surface area contributed by atoms with Gasteiger partial charge < -0.3 is 10.5 Å². The van der Waals surface area contributed by atoms with Crippen LogP contribution < -0.4 is 10.5 Å². The first-order valence-electron chi connectivity index (χ1n) is 16.1. The minimum absolute atomic E-state index is 0. The quantitative estimate of drug-likeness (QED) is 0.176. The molecule has 4 bridgehead atoms. The van der Waals surface area contributed by atoms with Gasteiger partial charge in [-0.25, -0.2) is 4.98 Å². The second-order valence-corrected chi connectivity index (χ2v) is 15.8. The van der Waals surface area contributed by atoms with Crippen molar-refractivity contribution in [3.8, 4) is 5.88 Å². The number of carbonyl (C=O) groups excluding carboxylic acids is 2. The van der Waals surface area contributed by atoms with Crippen molar-refractivity contribution in [2.24, 2.45) is 23.5 Å². The van der Waals surface area contributed by atoms with E-state index in [0.29, 0.717) is 42.3 Å². The van der Waals surface area contributed by atoms with Gasteiger partial charge >= 0.3 is 0 Å². The highest BCUT2D eigenvalue weighted by Crippen LogP contribution is 2.45. The van der Waals surface area contributed by atoms with Gasteiger partial charge in [0.05, 0.1) is 9.40 Å². The van der Waals surface area contributed by atoms with Crippen molar-refractivity contribution >= 4 is 67.5 Å². The molecule has 0 amide bonds. The topological polar surface area (TPSA) is 102 Å². The standard InChI is InChI=1S/C18H22N2OS.C9H18N2.C8H5NO2S.ClH/c1-18(2)14(12-3-6-20(18)7-4-12)10-16(21)15-9-13-5-8-22-17(13)11-19-15;1-9(2)8(10)7-3-5-11(9)6-4-7;10-5-11-8-3-6-1-2-12-7(6)4-9-8;/h5,8-9,11-12,14H,3-4,6-7,10H2,1-2H3;7-8H,3-6,10H2,1-2H3;1-5H;1H/t14-;8-;;/m11../s1. The minimum atomic E-state index is 0. The van der Waals surface area contributed by atoms with Crippen LogP contribution in [0.2, 0.25) is 0 Å². The maximum atomic E-state index is 12.8. The molecule has 8 nitrogen and oxygen atoms in total. The molecule has 0 unspecified atom stereocenters. The summed E-state index contributed by atoms with van der Waals surface area (Å²) < 4.78 is 6.84. The molecular weight excluding hydrogens is 638 g/mol. The third kappa shape index (κ3) is 7.03. The molecule has 6 fully saturated rings. The highest BCUT2D eigenvalue weighted by Gasteiger charge is 2.48. The van der Waals surface area contributed by atoms with Crippen molar-refractivity contribution in [1.29, 1.82) is 0 Å². The Balaban J connectivity index is 0.000000147. The zero-order valence-corrected chi connectivity index (χ0v) is 29.6. The maximum Gasteiger partial charge on any atom is 0.299 e. The fourth-order valence-electron chi connectivity index (χ4n) is 8.01. The molecule has 2 N–H and O–H groups in total. The average molecular weight is 684 g/mol. The van der Waals surface area contributed by atoms with Crippen molar-refractivity contribution in [3.05, 3.63) is 53.1 Å². The van der Waals surface area contributed by atoms with Crippen molar-refractivity contribution in [2.75, 3.05) is 26.2 Å². The van der Waals surface area contributed by atoms with Crippen molar-refractivity contribution in [1.82, 2.24) is 19.8 Å². The minimum Gasteiger partial charge on any atom is -0.410 e. The summed E-state index contributed by atoms with van der Waals surface area (Å²) in [5, 5.41) is 6.21. The van der Waals surface area contributed by atoms with Crippen molar-refractivity contribution in [3.63, 3.8) is 0 Å². The number of carbonyl (C=O) groups is 2. The molecule has 0 aromatic carbocycles. The number of hydrogen-bond donors (Lipinski definition) is 1. The van der Waals surface area contributed by atoms with Crippen LogP contribution in [0.5, 0.6) is 5.88 Å². The molecule has 0 saturated carbocycles. The maximum absolute atomic E-state index is 12.8. The number of Topliss-reactive ketones (excluding diaryl/α,β-unsaturated/α-hetero) is 1. The van der Waals surface area contributed by atoms with Crippen LogP contribution >= 0.6 is 35.1 Å². The molecule has 0 aliphatic carbocycles. The Morgan fingerprint density at radius 3 is 1.96 bits per heavy atom. The number of nitrogens with two attached hydrogens (primary N) is 1. The number of halogens is 1. The Hall–Kier alpha value is -2.47. The lowest BCUT2D eigenvalue weighted by molar-refractivity contribution is -0.120. The second kappa shape index (κ2) is 14.3. The molecule has 4 aromatic heterocycles. The van der Waals surface area contributed by atoms with E-state index in [1.807, 2.05) is 23.7 Å². The Kier molecular flexibility index (Phi) is 10.9. The number of rotatable bonds is 5. The van der Waals surface area contributed by atoms with E-state index in [4.69, 9.17) is 5.73 Å². The number of nitrogens with zero attached hydrogens (tertiary/aromatic N) is 4. The van der Waals surface area contributed by atoms with Gasteiger partial charge in [0, 0.05) is 42.0 Å². The van der Waals surface area contributed by atoms with E-state index in [1.165, 1.54) is 51.9 Å². The highest BCUT2D eigenvalue weighted by atomic mass is 35.5. The van der Waals surface area contributed by atoms with E-state index in [9.17, 15) is 9.59 Å². The SMILES string of the molecule is CC1(C)[C@H](CC(=O)c2cc3ccsc3cn2)C2CCN1CC2.CC1(C)[C@H](N)C2CCN1CC2.Cl.O=COc1cc2ccsc2cn1. The molecule has 46 heavy (non-hydrogen) atoms. The molecule has 11 heteroatoms. The van der Waals surface area contributed by atoms with Gasteiger partial charge in [0.25, 0.3) is 6.47 Å². The van der Waals surface area contributed by atoms with Gasteiger partial charge in [0.15, 0.2) is 5.78 Å². The number of pyridine rings is 2. The summed E-state index contributed by atoms with van der Waals surface area (Å²) in [4.78, 5) is 36.2. The fraction of sp³-hybridized carbons (Fsp3) is 0.543. The lowest BCUT2D eigenvalue weighted by atomic mass is 9.65. The van der Waals surface area contributed by atoms with E-state index in [-0.39, 0.29) is 29.3 Å². The number of ether oxygens (including phenoxy) is 1. The molecule has 0 spiro atoms. The van der Waals surface area contributed by atoms with Gasteiger partial charge in [-0.1, -0.05) is 0 Å². The largest absolute Gasteiger partial charge is 0.410 e. The van der Waals surface area contributed by atoms with Crippen LogP contribution in [-0.4, -0.2) is 75.3 Å². The summed E-state index contributed by atoms with van der Waals surface area (Å²) in [7, 11) is 0. The monoisotopic (exact) mass is 683 g/mol. The molecule has 2 atom stereocenters. The number of piperidine rings is 6. The van der Waals surface area contributed by atoms with Crippen LogP contribution in [0.15, 0.2) is 47.4 Å². The smallest absolute Gasteiger partial charge is 0.299 e. The Labute approximate surface area is 286 Å². The zero-order chi connectivity index (χ0) is 31.8. The fourth-order valence-corrected chi connectivity index (χ4v) is 9.49. The van der Waals surface area contributed by atoms with Gasteiger partial charge in [-0.05, 0) is 137 Å². The van der Waals surface area contributed by atoms with E-state index < -0.39 is 0 Å². The first-order valence-corrected chi connectivity index (χ1v) is 17.9. The summed E-state index contributed by atoms with van der Waals surface area (Å²) in [6, 6.07) is 8.13. The van der Waals surface area contributed by atoms with Crippen molar-refractivity contribution in [2.45, 2.75) is 76.9 Å². The molecule has 6 aliphatic heterocycles. The number of fused-ring (bicyclic) bond motifs is 8. The van der Waals surface area contributed by atoms with E-state index in [1.54, 1.807) is 34.9 Å². The number of aromatic nitrogens is 2. The summed E-state index contributed by atoms with van der Waals surface area (Å²) >= 11 is 3.28. The van der Waals surface area contributed by atoms with Gasteiger partial charge in [-0.15, -0.1) is 35.1 Å². The third-order valence-electron chi connectivity index (χ3n) is 11.0. The number of ketones is 1. The lowest BCUT2D eigenvalue weighted by Gasteiger charge is -2.56. The highest BCUT2D eigenvalue weighted by molar-refractivity contribution is 7.17. The summed E-state index contributed by atoms with van der Waals surface area (Å²) in [5.74, 6) is 2.52. The van der Waals surface area contributed by atoms with Crippen LogP contribution in [0, 0.1) is 17.8 Å². The average Bonchev–Trinajstić information content (AvgIpc) is 3.72. The second-order valence-electron chi connectivity index (χ2n) is 13.9. The van der Waals surface area contributed by atoms with Gasteiger partial charge in [-0.2, -0.15) is 0 Å². The lowest BCUT2D eigenvalue weighted by Crippen LogP contribution is -2.67. The molecular formula is C35H46ClN5O3S2. The van der Waals surface area contributed by atoms with Crippen LogP contribution in [0.4, 0.5) is 0 Å². The van der Waals surface area contributed by atoms with Crippen LogP contribution in [0.1, 0.15) is 70.3 Å². The Morgan fingerprint density at radius 1 is 0.891 bits per heavy atom. The van der Waals surface area contributed by atoms with Crippen LogP contribution in [0.3, 0.4) is 0 Å². The molecule has 0 radical (unpaired) electrons. The third-order valence-corrected chi connectivity index (χ3v) is 12.8. The van der Waals surface area contributed by atoms with Crippen molar-refractivity contribution < 1.29 is 14.3 Å². The first-order chi connectivity index (χ1) is 21.6. The van der Waals surface area contributed by atoms with Gasteiger partial charge in [0.2, 0.25) is 5.88 Å². The van der Waals surface area contributed by atoms with E-state index in [0.717, 1.165) is 26.1 Å². The summed E-state index contributed by atoms with van der Waals surface area (Å²) in [5.41, 5.74) is 7.20. The zero-order valence-electron chi connectivity index (χ0n) is 27.2. The predicted octanol–water partition coefficient (Wildman–Crippen LogP) is 7.06. The van der Waals surface area contributed by atoms with E-state index >= 15 is 0 Å². The molecule has 6 saturated heterocycles.